The third-order valence-electron chi connectivity index (χ3n) is 6.38. The molecule has 0 bridgehead atoms. The number of Topliss-reactive ketones (excluding diaryl/α,β-unsaturated/α-hetero) is 1. The second-order valence-electron chi connectivity index (χ2n) is 8.58. The Kier molecular flexibility index (Phi) is 8.18. The second kappa shape index (κ2) is 11.4. The largest absolute Gasteiger partial charge is 0.507 e. The lowest BCUT2D eigenvalue weighted by Gasteiger charge is -2.27. The SMILES string of the molecule is CCOC(=O)c1ccc(N2C(=O)C(=O)/C(=C(/O)c3cc(Cl)c(OC)c(Cl)c3OC)C2c2ccccc2C)cc1. The minimum Gasteiger partial charge on any atom is -0.507 e. The molecule has 1 heterocycles. The molecule has 1 aliphatic rings. The maximum absolute atomic E-state index is 13.5. The van der Waals surface area contributed by atoms with Gasteiger partial charge in [-0.3, -0.25) is 14.5 Å². The topological polar surface area (TPSA) is 102 Å². The molecule has 0 aromatic heterocycles. The fourth-order valence-corrected chi connectivity index (χ4v) is 5.24. The molecule has 1 amide bonds. The number of aliphatic hydroxyl groups is 1. The van der Waals surface area contributed by atoms with Gasteiger partial charge in [-0.1, -0.05) is 47.5 Å². The van der Waals surface area contributed by atoms with E-state index in [0.29, 0.717) is 11.3 Å². The van der Waals surface area contributed by atoms with E-state index < -0.39 is 29.5 Å². The van der Waals surface area contributed by atoms with E-state index in [1.165, 1.54) is 37.3 Å². The van der Waals surface area contributed by atoms with Crippen LogP contribution in [0.5, 0.6) is 11.5 Å². The van der Waals surface area contributed by atoms with Gasteiger partial charge in [-0.05, 0) is 55.3 Å². The van der Waals surface area contributed by atoms with Crippen molar-refractivity contribution in [2.24, 2.45) is 0 Å². The number of halogens is 2. The molecular formula is C29H25Cl2NO7. The number of ether oxygens (including phenoxy) is 3. The maximum Gasteiger partial charge on any atom is 0.338 e. The van der Waals surface area contributed by atoms with Crippen LogP contribution < -0.4 is 14.4 Å². The van der Waals surface area contributed by atoms with Crippen LogP contribution in [0.4, 0.5) is 5.69 Å². The van der Waals surface area contributed by atoms with Crippen LogP contribution in [0.15, 0.2) is 60.2 Å². The first-order valence-corrected chi connectivity index (χ1v) is 12.7. The number of esters is 1. The summed E-state index contributed by atoms with van der Waals surface area (Å²) in [6.45, 7) is 3.75. The first-order valence-electron chi connectivity index (χ1n) is 11.9. The normalized spacial score (nSPS) is 16.4. The number of aryl methyl sites for hydroxylation is 1. The van der Waals surface area contributed by atoms with Gasteiger partial charge in [0, 0.05) is 5.69 Å². The van der Waals surface area contributed by atoms with Crippen molar-refractivity contribution in [1.29, 1.82) is 0 Å². The number of carbonyl (C=O) groups excluding carboxylic acids is 3. The summed E-state index contributed by atoms with van der Waals surface area (Å²) in [4.78, 5) is 40.5. The Morgan fingerprint density at radius 3 is 2.23 bits per heavy atom. The number of anilines is 1. The minimum atomic E-state index is -1.01. The van der Waals surface area contributed by atoms with Gasteiger partial charge in [0.1, 0.15) is 10.8 Å². The molecular weight excluding hydrogens is 545 g/mol. The lowest BCUT2D eigenvalue weighted by molar-refractivity contribution is -0.132. The van der Waals surface area contributed by atoms with E-state index in [9.17, 15) is 19.5 Å². The first-order chi connectivity index (χ1) is 18.7. The quantitative estimate of drug-likeness (QED) is 0.158. The molecule has 39 heavy (non-hydrogen) atoms. The van der Waals surface area contributed by atoms with Crippen LogP contribution in [0.3, 0.4) is 0 Å². The zero-order valence-corrected chi connectivity index (χ0v) is 23.1. The fourth-order valence-electron chi connectivity index (χ4n) is 4.55. The van der Waals surface area contributed by atoms with Crippen molar-refractivity contribution in [2.45, 2.75) is 19.9 Å². The Morgan fingerprint density at radius 1 is 1.00 bits per heavy atom. The number of ketones is 1. The zero-order valence-electron chi connectivity index (χ0n) is 21.6. The number of benzene rings is 3. The number of aliphatic hydroxyl groups excluding tert-OH is 1. The highest BCUT2D eigenvalue weighted by Crippen LogP contribution is 2.48. The van der Waals surface area contributed by atoms with E-state index >= 15 is 0 Å². The molecule has 10 heteroatoms. The molecule has 1 saturated heterocycles. The number of amides is 1. The average molecular weight is 570 g/mol. The molecule has 1 unspecified atom stereocenters. The van der Waals surface area contributed by atoms with Gasteiger partial charge >= 0.3 is 5.97 Å². The highest BCUT2D eigenvalue weighted by atomic mass is 35.5. The summed E-state index contributed by atoms with van der Waals surface area (Å²) in [7, 11) is 2.72. The zero-order chi connectivity index (χ0) is 28.4. The number of rotatable bonds is 7. The Balaban J connectivity index is 1.96. The third-order valence-corrected chi connectivity index (χ3v) is 7.00. The number of carbonyl (C=O) groups is 3. The maximum atomic E-state index is 13.5. The van der Waals surface area contributed by atoms with Crippen LogP contribution >= 0.6 is 23.2 Å². The van der Waals surface area contributed by atoms with Crippen LogP contribution in [0.25, 0.3) is 5.76 Å². The standard InChI is InChI=1S/C29H25Cl2NO7/c1-5-39-29(36)16-10-12-17(13-11-16)32-23(18-9-7-6-8-15(18)2)21(25(34)28(32)35)24(33)19-14-20(30)27(38-4)22(31)26(19)37-3/h6-14,23,33H,5H2,1-4H3/b24-21+. The molecule has 3 aromatic carbocycles. The van der Waals surface area contributed by atoms with Crippen LogP contribution in [-0.4, -0.2) is 43.6 Å². The molecule has 0 aliphatic carbocycles. The van der Waals surface area contributed by atoms with Crippen molar-refractivity contribution in [2.75, 3.05) is 25.7 Å². The average Bonchev–Trinajstić information content (AvgIpc) is 3.18. The third kappa shape index (κ3) is 4.93. The monoisotopic (exact) mass is 569 g/mol. The lowest BCUT2D eigenvalue weighted by Crippen LogP contribution is -2.29. The molecule has 0 spiro atoms. The molecule has 3 aromatic rings. The summed E-state index contributed by atoms with van der Waals surface area (Å²) in [5.74, 6) is -2.66. The number of nitrogens with zero attached hydrogens (tertiary/aromatic N) is 1. The second-order valence-corrected chi connectivity index (χ2v) is 9.36. The number of hydrogen-bond donors (Lipinski definition) is 1. The van der Waals surface area contributed by atoms with Gasteiger partial charge in [0.05, 0.1) is 48.6 Å². The summed E-state index contributed by atoms with van der Waals surface area (Å²) < 4.78 is 15.7. The number of hydrogen-bond acceptors (Lipinski definition) is 7. The Labute approximate surface area is 235 Å². The Bertz CT molecular complexity index is 1500. The summed E-state index contributed by atoms with van der Waals surface area (Å²) in [6.07, 6.45) is 0. The van der Waals surface area contributed by atoms with Gasteiger partial charge in [0.25, 0.3) is 11.7 Å². The van der Waals surface area contributed by atoms with Crippen LogP contribution in [0.1, 0.15) is 40.0 Å². The van der Waals surface area contributed by atoms with Crippen molar-refractivity contribution in [3.05, 3.63) is 92.5 Å². The van der Waals surface area contributed by atoms with Gasteiger partial charge in [-0.15, -0.1) is 0 Å². The molecule has 1 fully saturated rings. The summed E-state index contributed by atoms with van der Waals surface area (Å²) >= 11 is 12.8. The highest BCUT2D eigenvalue weighted by molar-refractivity contribution is 6.52. The first kappa shape index (κ1) is 28.0. The van der Waals surface area contributed by atoms with Crippen LogP contribution in [0.2, 0.25) is 10.0 Å². The van der Waals surface area contributed by atoms with E-state index in [2.05, 4.69) is 0 Å². The van der Waals surface area contributed by atoms with Crippen molar-refractivity contribution in [3.63, 3.8) is 0 Å². The Hall–Kier alpha value is -4.01. The van der Waals surface area contributed by atoms with Crippen molar-refractivity contribution < 1.29 is 33.7 Å². The smallest absolute Gasteiger partial charge is 0.338 e. The van der Waals surface area contributed by atoms with Gasteiger partial charge in [-0.2, -0.15) is 0 Å². The van der Waals surface area contributed by atoms with Gasteiger partial charge in [0.2, 0.25) is 0 Å². The lowest BCUT2D eigenvalue weighted by atomic mass is 9.92. The molecule has 1 N–H and O–H groups in total. The molecule has 8 nitrogen and oxygen atoms in total. The molecule has 202 valence electrons. The predicted octanol–water partition coefficient (Wildman–Crippen LogP) is 6.12. The summed E-state index contributed by atoms with van der Waals surface area (Å²) in [6, 6.07) is 13.7. The fraction of sp³-hybridized carbons (Fsp3) is 0.207. The predicted molar refractivity (Wildman–Crippen MR) is 148 cm³/mol. The molecule has 4 rings (SSSR count). The van der Waals surface area contributed by atoms with Gasteiger partial charge < -0.3 is 19.3 Å². The van der Waals surface area contributed by atoms with E-state index in [0.717, 1.165) is 5.56 Å². The van der Waals surface area contributed by atoms with Crippen LogP contribution in [-0.2, 0) is 14.3 Å². The van der Waals surface area contributed by atoms with Crippen molar-refractivity contribution in [1.82, 2.24) is 0 Å². The van der Waals surface area contributed by atoms with Crippen molar-refractivity contribution >= 4 is 52.3 Å². The Morgan fingerprint density at radius 2 is 1.64 bits per heavy atom. The van der Waals surface area contributed by atoms with Gasteiger partial charge in [0.15, 0.2) is 11.5 Å². The summed E-state index contributed by atoms with van der Waals surface area (Å²) in [5.41, 5.74) is 1.85. The van der Waals surface area contributed by atoms with Crippen LogP contribution in [0, 0.1) is 6.92 Å². The minimum absolute atomic E-state index is 0.00901. The summed E-state index contributed by atoms with van der Waals surface area (Å²) in [5, 5.41) is 11.6. The van der Waals surface area contributed by atoms with Gasteiger partial charge in [-0.25, -0.2) is 4.79 Å². The van der Waals surface area contributed by atoms with E-state index in [1.807, 2.05) is 19.1 Å². The van der Waals surface area contributed by atoms with E-state index in [-0.39, 0.29) is 44.9 Å². The molecule has 1 aliphatic heterocycles. The highest BCUT2D eigenvalue weighted by Gasteiger charge is 2.47. The van der Waals surface area contributed by atoms with E-state index in [1.54, 1.807) is 31.2 Å². The number of methoxy groups -OCH3 is 2. The van der Waals surface area contributed by atoms with E-state index in [4.69, 9.17) is 37.4 Å². The molecule has 0 saturated carbocycles. The molecule has 1 atom stereocenters. The van der Waals surface area contributed by atoms with Crippen molar-refractivity contribution in [3.8, 4) is 11.5 Å². The molecule has 0 radical (unpaired) electrons.